The van der Waals surface area contributed by atoms with Gasteiger partial charge in [0.25, 0.3) is 0 Å². The van der Waals surface area contributed by atoms with E-state index >= 15 is 0 Å². The van der Waals surface area contributed by atoms with Crippen molar-refractivity contribution in [3.05, 3.63) is 53.1 Å². The first-order valence-corrected chi connectivity index (χ1v) is 7.75. The Labute approximate surface area is 132 Å². The topological polar surface area (TPSA) is 78.8 Å². The molecule has 5 nitrogen and oxygen atoms in total. The van der Waals surface area contributed by atoms with Crippen molar-refractivity contribution in [1.29, 1.82) is 0 Å². The molecule has 0 spiro atoms. The molecule has 2 aromatic carbocycles. The van der Waals surface area contributed by atoms with Crippen LogP contribution in [0.2, 0.25) is 0 Å². The van der Waals surface area contributed by atoms with Gasteiger partial charge in [-0.1, -0.05) is 24.3 Å². The van der Waals surface area contributed by atoms with Crippen molar-refractivity contribution in [2.45, 2.75) is 30.4 Å². The monoisotopic (exact) mass is 309 g/mol. The number of fused-ring (bicyclic) bond motifs is 2. The minimum absolute atomic E-state index is 0.0843. The Hall–Kier alpha value is -2.69. The van der Waals surface area contributed by atoms with Gasteiger partial charge < -0.3 is 20.3 Å². The van der Waals surface area contributed by atoms with E-state index in [0.29, 0.717) is 6.42 Å². The van der Waals surface area contributed by atoms with Gasteiger partial charge in [0.1, 0.15) is 5.56 Å². The summed E-state index contributed by atoms with van der Waals surface area (Å²) >= 11 is 0. The lowest BCUT2D eigenvalue weighted by molar-refractivity contribution is -0.0290. The van der Waals surface area contributed by atoms with Crippen LogP contribution in [-0.4, -0.2) is 21.9 Å². The molecule has 0 bridgehead atoms. The first kappa shape index (κ1) is 12.8. The first-order valence-electron chi connectivity index (χ1n) is 7.75. The summed E-state index contributed by atoms with van der Waals surface area (Å²) in [6.45, 7) is 0. The summed E-state index contributed by atoms with van der Waals surface area (Å²) in [5.74, 6) is -1.29. The molecule has 0 aromatic heterocycles. The van der Waals surface area contributed by atoms with Crippen LogP contribution in [0, 0.1) is 0 Å². The van der Waals surface area contributed by atoms with Gasteiger partial charge in [-0.2, -0.15) is 0 Å². The van der Waals surface area contributed by atoms with E-state index in [1.54, 1.807) is 6.07 Å². The molecule has 116 valence electrons. The van der Waals surface area contributed by atoms with Crippen molar-refractivity contribution in [1.82, 2.24) is 0 Å². The van der Waals surface area contributed by atoms with Crippen molar-refractivity contribution < 1.29 is 19.7 Å². The highest BCUT2D eigenvalue weighted by Gasteiger charge is 2.67. The van der Waals surface area contributed by atoms with Crippen LogP contribution in [0.3, 0.4) is 0 Å². The molecule has 1 unspecified atom stereocenters. The normalized spacial score (nSPS) is 29.8. The van der Waals surface area contributed by atoms with Crippen molar-refractivity contribution in [2.75, 3.05) is 5.32 Å². The number of phenolic OH excluding ortho intramolecular Hbond substituents is 2. The molecular formula is C18H15NO4. The lowest BCUT2D eigenvalue weighted by Gasteiger charge is -2.44. The Balaban J connectivity index is 1.91. The van der Waals surface area contributed by atoms with E-state index in [4.69, 9.17) is 4.74 Å². The van der Waals surface area contributed by atoms with Gasteiger partial charge in [-0.25, -0.2) is 4.79 Å². The summed E-state index contributed by atoms with van der Waals surface area (Å²) in [4.78, 5) is 12.6. The van der Waals surface area contributed by atoms with Gasteiger partial charge in [-0.15, -0.1) is 0 Å². The van der Waals surface area contributed by atoms with Crippen LogP contribution in [0.5, 0.6) is 11.5 Å². The van der Waals surface area contributed by atoms with Crippen LogP contribution in [0.4, 0.5) is 5.69 Å². The second-order valence-electron chi connectivity index (χ2n) is 6.50. The quantitative estimate of drug-likeness (QED) is 0.515. The zero-order chi connectivity index (χ0) is 15.8. The third-order valence-electron chi connectivity index (χ3n) is 5.58. The molecule has 2 atom stereocenters. The molecule has 0 saturated heterocycles. The highest BCUT2D eigenvalue weighted by atomic mass is 16.6. The number of anilines is 1. The van der Waals surface area contributed by atoms with E-state index in [2.05, 4.69) is 5.32 Å². The lowest BCUT2D eigenvalue weighted by Crippen LogP contribution is -2.55. The molecule has 23 heavy (non-hydrogen) atoms. The van der Waals surface area contributed by atoms with Crippen LogP contribution >= 0.6 is 0 Å². The average molecular weight is 309 g/mol. The smallest absolute Gasteiger partial charge is 0.344 e. The van der Waals surface area contributed by atoms with E-state index in [1.807, 2.05) is 24.3 Å². The van der Waals surface area contributed by atoms with E-state index < -0.39 is 22.9 Å². The van der Waals surface area contributed by atoms with Crippen molar-refractivity contribution in [3.63, 3.8) is 0 Å². The van der Waals surface area contributed by atoms with Gasteiger partial charge in [0.15, 0.2) is 17.2 Å². The van der Waals surface area contributed by atoms with Crippen LogP contribution < -0.4 is 5.32 Å². The third kappa shape index (κ3) is 1.24. The number of benzene rings is 2. The Morgan fingerprint density at radius 3 is 2.74 bits per heavy atom. The molecule has 3 N–H and O–H groups in total. The fraction of sp³-hybridized carbons (Fsp3) is 0.278. The summed E-state index contributed by atoms with van der Waals surface area (Å²) in [6, 6.07) is 11.1. The Morgan fingerprint density at radius 2 is 1.87 bits per heavy atom. The molecule has 2 aliphatic heterocycles. The van der Waals surface area contributed by atoms with Gasteiger partial charge in [0, 0.05) is 12.1 Å². The molecule has 1 saturated carbocycles. The summed E-state index contributed by atoms with van der Waals surface area (Å²) in [7, 11) is 0. The molecule has 1 fully saturated rings. The number of para-hydroxylation sites is 1. The van der Waals surface area contributed by atoms with E-state index in [0.717, 1.165) is 29.7 Å². The number of rotatable bonds is 0. The second-order valence-corrected chi connectivity index (χ2v) is 6.50. The van der Waals surface area contributed by atoms with E-state index in [-0.39, 0.29) is 11.3 Å². The summed E-state index contributed by atoms with van der Waals surface area (Å²) in [5.41, 5.74) is 1.54. The number of phenols is 2. The maximum Gasteiger partial charge on any atom is 0.344 e. The van der Waals surface area contributed by atoms with Gasteiger partial charge >= 0.3 is 5.97 Å². The molecule has 2 heterocycles. The van der Waals surface area contributed by atoms with E-state index in [9.17, 15) is 15.0 Å². The van der Waals surface area contributed by atoms with Crippen molar-refractivity contribution in [3.8, 4) is 11.5 Å². The molecule has 1 aliphatic carbocycles. The van der Waals surface area contributed by atoms with Crippen molar-refractivity contribution in [2.24, 2.45) is 0 Å². The molecule has 2 aromatic rings. The Morgan fingerprint density at radius 1 is 1.04 bits per heavy atom. The SMILES string of the molecule is O=C1O[C@@]23CCCC2(c2ccccc2N3)c2ccc(O)c(O)c21. The second kappa shape index (κ2) is 3.79. The minimum atomic E-state index is -0.801. The Bertz CT molecular complexity index is 877. The van der Waals surface area contributed by atoms with Gasteiger partial charge in [-0.05, 0) is 36.1 Å². The van der Waals surface area contributed by atoms with Crippen molar-refractivity contribution >= 4 is 11.7 Å². The fourth-order valence-electron chi connectivity index (χ4n) is 4.73. The standard InChI is InChI=1S/C18H15NO4/c20-13-7-6-11-14(15(13)21)16(22)23-18-9-3-8-17(11,18)10-4-1-2-5-12(10)19-18/h1-2,4-7,19-21H,3,8-9H2/t17?,18-/m0/s1. The van der Waals surface area contributed by atoms with Crippen LogP contribution in [-0.2, 0) is 10.2 Å². The predicted octanol–water partition coefficient (Wildman–Crippen LogP) is 2.86. The molecule has 5 rings (SSSR count). The summed E-state index contributed by atoms with van der Waals surface area (Å²) < 4.78 is 5.84. The molecule has 3 aliphatic rings. The van der Waals surface area contributed by atoms with Crippen LogP contribution in [0.25, 0.3) is 0 Å². The average Bonchev–Trinajstić information content (AvgIpc) is 3.02. The first-order chi connectivity index (χ1) is 11.1. The number of hydrogen-bond acceptors (Lipinski definition) is 5. The number of nitrogens with one attached hydrogen (secondary N) is 1. The summed E-state index contributed by atoms with van der Waals surface area (Å²) in [6.07, 6.45) is 2.45. The maximum absolute atomic E-state index is 12.6. The number of ether oxygens (including phenoxy) is 1. The zero-order valence-corrected chi connectivity index (χ0v) is 12.3. The van der Waals surface area contributed by atoms with E-state index in [1.165, 1.54) is 6.07 Å². The van der Waals surface area contributed by atoms with Gasteiger partial charge in [0.2, 0.25) is 0 Å². The number of esters is 1. The maximum atomic E-state index is 12.6. The largest absolute Gasteiger partial charge is 0.504 e. The third-order valence-corrected chi connectivity index (χ3v) is 5.58. The molecule has 5 heteroatoms. The fourth-order valence-corrected chi connectivity index (χ4v) is 4.73. The molecular weight excluding hydrogens is 294 g/mol. The number of carbonyl (C=O) groups is 1. The highest BCUT2D eigenvalue weighted by molar-refractivity contribution is 5.99. The summed E-state index contributed by atoms with van der Waals surface area (Å²) in [5, 5.41) is 23.4. The number of carbonyl (C=O) groups excluding carboxylic acids is 1. The molecule has 0 radical (unpaired) electrons. The van der Waals surface area contributed by atoms with Crippen LogP contribution in [0.15, 0.2) is 36.4 Å². The lowest BCUT2D eigenvalue weighted by atomic mass is 9.67. The van der Waals surface area contributed by atoms with Gasteiger partial charge in [0.05, 0.1) is 5.41 Å². The number of hydrogen-bond donors (Lipinski definition) is 3. The zero-order valence-electron chi connectivity index (χ0n) is 12.3. The minimum Gasteiger partial charge on any atom is -0.504 e. The molecule has 0 amide bonds. The predicted molar refractivity (Wildman–Crippen MR) is 82.6 cm³/mol. The van der Waals surface area contributed by atoms with Gasteiger partial charge in [-0.3, -0.25) is 0 Å². The van der Waals surface area contributed by atoms with Crippen LogP contribution in [0.1, 0.15) is 40.7 Å². The number of aromatic hydroxyl groups is 2. The Kier molecular flexibility index (Phi) is 2.11. The highest BCUT2D eigenvalue weighted by Crippen LogP contribution is 2.64.